The second-order valence-electron chi connectivity index (χ2n) is 6.84. The zero-order valence-corrected chi connectivity index (χ0v) is 16.4. The minimum absolute atomic E-state index is 0. The molecule has 1 fully saturated rings. The Morgan fingerprint density at radius 3 is 2.63 bits per heavy atom. The number of hydrogen-bond acceptors (Lipinski definition) is 4. The molecule has 0 spiro atoms. The molecular weight excluding hydrogens is 366 g/mol. The zero-order chi connectivity index (χ0) is 18.7. The van der Waals surface area contributed by atoms with Crippen LogP contribution in [0.3, 0.4) is 0 Å². The molecule has 0 bridgehead atoms. The van der Waals surface area contributed by atoms with E-state index in [1.807, 2.05) is 50.5 Å². The molecule has 0 aliphatic carbocycles. The van der Waals surface area contributed by atoms with Crippen LogP contribution < -0.4 is 11.1 Å². The number of aryl methyl sites for hydroxylation is 1. The Morgan fingerprint density at radius 1 is 1.33 bits per heavy atom. The highest BCUT2D eigenvalue weighted by Gasteiger charge is 2.38. The van der Waals surface area contributed by atoms with Gasteiger partial charge in [-0.25, -0.2) is 0 Å². The highest BCUT2D eigenvalue weighted by atomic mass is 35.5. The average Bonchev–Trinajstić information content (AvgIpc) is 3.27. The highest BCUT2D eigenvalue weighted by Crippen LogP contribution is 2.31. The van der Waals surface area contributed by atoms with Crippen molar-refractivity contribution in [2.24, 2.45) is 18.7 Å². The maximum absolute atomic E-state index is 13.3. The van der Waals surface area contributed by atoms with Crippen molar-refractivity contribution < 1.29 is 9.59 Å². The molecule has 2 aromatic rings. The first kappa shape index (κ1) is 20.9. The van der Waals surface area contributed by atoms with Gasteiger partial charge in [0.15, 0.2) is 0 Å². The summed E-state index contributed by atoms with van der Waals surface area (Å²) in [5.74, 6) is -0.775. The fraction of sp³-hybridized carbons (Fsp3) is 0.421. The summed E-state index contributed by atoms with van der Waals surface area (Å²) < 4.78 is 1.74. The van der Waals surface area contributed by atoms with E-state index < -0.39 is 5.91 Å². The Labute approximate surface area is 165 Å². The molecule has 8 heteroatoms. The number of benzene rings is 1. The van der Waals surface area contributed by atoms with E-state index in [-0.39, 0.29) is 42.7 Å². The predicted molar refractivity (Wildman–Crippen MR) is 105 cm³/mol. The van der Waals surface area contributed by atoms with Crippen LogP contribution in [0.1, 0.15) is 30.0 Å². The number of rotatable bonds is 6. The topological polar surface area (TPSA) is 93.2 Å². The van der Waals surface area contributed by atoms with Crippen LogP contribution in [0.15, 0.2) is 42.7 Å². The largest absolute Gasteiger partial charge is 0.368 e. The highest BCUT2D eigenvalue weighted by molar-refractivity contribution is 5.86. The van der Waals surface area contributed by atoms with Gasteiger partial charge in [-0.2, -0.15) is 5.10 Å². The van der Waals surface area contributed by atoms with Gasteiger partial charge < -0.3 is 16.0 Å². The minimum Gasteiger partial charge on any atom is -0.368 e. The maximum Gasteiger partial charge on any atom is 0.237 e. The smallest absolute Gasteiger partial charge is 0.237 e. The number of nitrogens with zero attached hydrogens (tertiary/aromatic N) is 3. The van der Waals surface area contributed by atoms with Gasteiger partial charge >= 0.3 is 0 Å². The van der Waals surface area contributed by atoms with E-state index in [1.165, 1.54) is 0 Å². The SMILES string of the molecule is C[C@H](c1ccccc1)N(CC(N)=O)C(=O)[C@H]1CNC[C@@H]1c1cnn(C)c1.Cl. The monoisotopic (exact) mass is 391 g/mol. The van der Waals surface area contributed by atoms with Gasteiger partial charge in [0.2, 0.25) is 11.8 Å². The molecule has 27 heavy (non-hydrogen) atoms. The summed E-state index contributed by atoms with van der Waals surface area (Å²) in [4.78, 5) is 26.6. The van der Waals surface area contributed by atoms with Gasteiger partial charge in [0.25, 0.3) is 0 Å². The van der Waals surface area contributed by atoms with Crippen molar-refractivity contribution in [3.8, 4) is 0 Å². The van der Waals surface area contributed by atoms with E-state index in [1.54, 1.807) is 15.8 Å². The van der Waals surface area contributed by atoms with E-state index in [0.29, 0.717) is 13.1 Å². The van der Waals surface area contributed by atoms with E-state index in [9.17, 15) is 9.59 Å². The summed E-state index contributed by atoms with van der Waals surface area (Å²) >= 11 is 0. The first-order chi connectivity index (χ1) is 12.5. The fourth-order valence-electron chi connectivity index (χ4n) is 3.62. The summed E-state index contributed by atoms with van der Waals surface area (Å²) in [6.07, 6.45) is 3.74. The van der Waals surface area contributed by atoms with Gasteiger partial charge in [0.05, 0.1) is 24.7 Å². The third-order valence-electron chi connectivity index (χ3n) is 5.04. The van der Waals surface area contributed by atoms with Crippen molar-refractivity contribution in [2.75, 3.05) is 19.6 Å². The molecule has 1 saturated heterocycles. The lowest BCUT2D eigenvalue weighted by Gasteiger charge is -2.32. The molecule has 1 aliphatic rings. The van der Waals surface area contributed by atoms with Gasteiger partial charge in [-0.05, 0) is 18.1 Å². The van der Waals surface area contributed by atoms with Crippen molar-refractivity contribution in [1.82, 2.24) is 20.0 Å². The lowest BCUT2D eigenvalue weighted by molar-refractivity contribution is -0.141. The Bertz CT molecular complexity index is 779. The number of hydrogen-bond donors (Lipinski definition) is 2. The van der Waals surface area contributed by atoms with Crippen LogP contribution in [-0.2, 0) is 16.6 Å². The fourth-order valence-corrected chi connectivity index (χ4v) is 3.62. The first-order valence-corrected chi connectivity index (χ1v) is 8.80. The molecule has 3 N–H and O–H groups in total. The maximum atomic E-state index is 13.3. The molecule has 2 amide bonds. The average molecular weight is 392 g/mol. The van der Waals surface area contributed by atoms with Gasteiger partial charge in [0.1, 0.15) is 0 Å². The Morgan fingerprint density at radius 2 is 2.04 bits per heavy atom. The van der Waals surface area contributed by atoms with Crippen molar-refractivity contribution in [1.29, 1.82) is 0 Å². The van der Waals surface area contributed by atoms with E-state index in [2.05, 4.69) is 10.4 Å². The van der Waals surface area contributed by atoms with Crippen LogP contribution in [-0.4, -0.2) is 46.1 Å². The van der Waals surface area contributed by atoms with Gasteiger partial charge in [-0.3, -0.25) is 14.3 Å². The molecule has 1 aliphatic heterocycles. The van der Waals surface area contributed by atoms with Crippen molar-refractivity contribution in [3.05, 3.63) is 53.9 Å². The second kappa shape index (κ2) is 9.01. The quantitative estimate of drug-likeness (QED) is 0.774. The summed E-state index contributed by atoms with van der Waals surface area (Å²) in [7, 11) is 1.86. The number of halogens is 1. The first-order valence-electron chi connectivity index (χ1n) is 8.80. The Hall–Kier alpha value is -2.38. The zero-order valence-electron chi connectivity index (χ0n) is 15.5. The second-order valence-corrected chi connectivity index (χ2v) is 6.84. The Balaban J connectivity index is 0.00000261. The molecular formula is C19H26ClN5O2. The minimum atomic E-state index is -0.509. The molecule has 1 aromatic carbocycles. The lowest BCUT2D eigenvalue weighted by atomic mass is 9.89. The van der Waals surface area contributed by atoms with Crippen LogP contribution in [0.2, 0.25) is 0 Å². The summed E-state index contributed by atoms with van der Waals surface area (Å²) in [6.45, 7) is 3.13. The van der Waals surface area contributed by atoms with Crippen LogP contribution in [0.5, 0.6) is 0 Å². The number of aromatic nitrogens is 2. The number of nitrogens with one attached hydrogen (secondary N) is 1. The van der Waals surface area contributed by atoms with E-state index in [0.717, 1.165) is 11.1 Å². The van der Waals surface area contributed by atoms with Crippen LogP contribution in [0.25, 0.3) is 0 Å². The van der Waals surface area contributed by atoms with Crippen LogP contribution in [0.4, 0.5) is 0 Å². The molecule has 0 radical (unpaired) electrons. The number of nitrogens with two attached hydrogens (primary N) is 1. The molecule has 0 saturated carbocycles. The summed E-state index contributed by atoms with van der Waals surface area (Å²) in [6, 6.07) is 9.46. The standard InChI is InChI=1S/C19H25N5O2.ClH/c1-13(14-6-4-3-5-7-14)24(12-18(20)25)19(26)17-10-21-9-16(17)15-8-22-23(2)11-15;/h3-8,11,13,16-17,21H,9-10,12H2,1-2H3,(H2,20,25);1H/t13-,16-,17+;/m1./s1. The Kier molecular flexibility index (Phi) is 6.98. The van der Waals surface area contributed by atoms with Crippen molar-refractivity contribution in [2.45, 2.75) is 18.9 Å². The number of carbonyl (C=O) groups excluding carboxylic acids is 2. The molecule has 7 nitrogen and oxygen atoms in total. The number of carbonyl (C=O) groups is 2. The molecule has 1 aromatic heterocycles. The number of amides is 2. The van der Waals surface area contributed by atoms with E-state index >= 15 is 0 Å². The summed E-state index contributed by atoms with van der Waals surface area (Å²) in [5, 5.41) is 7.52. The summed E-state index contributed by atoms with van der Waals surface area (Å²) in [5.41, 5.74) is 7.44. The van der Waals surface area contributed by atoms with Crippen molar-refractivity contribution in [3.63, 3.8) is 0 Å². The normalized spacial score (nSPS) is 19.9. The van der Waals surface area contributed by atoms with Crippen LogP contribution >= 0.6 is 12.4 Å². The van der Waals surface area contributed by atoms with Crippen LogP contribution in [0, 0.1) is 5.92 Å². The van der Waals surface area contributed by atoms with Gasteiger partial charge in [-0.15, -0.1) is 12.4 Å². The van der Waals surface area contributed by atoms with Crippen molar-refractivity contribution >= 4 is 24.2 Å². The molecule has 146 valence electrons. The predicted octanol–water partition coefficient (Wildman–Crippen LogP) is 1.22. The third kappa shape index (κ3) is 4.67. The van der Waals surface area contributed by atoms with Gasteiger partial charge in [0, 0.05) is 32.3 Å². The third-order valence-corrected chi connectivity index (χ3v) is 5.04. The molecule has 3 atom stereocenters. The van der Waals surface area contributed by atoms with E-state index in [4.69, 9.17) is 5.73 Å². The lowest BCUT2D eigenvalue weighted by Crippen LogP contribution is -2.44. The molecule has 0 unspecified atom stereocenters. The van der Waals surface area contributed by atoms with Gasteiger partial charge in [-0.1, -0.05) is 30.3 Å². The molecule has 3 rings (SSSR count). The number of primary amides is 1. The molecule has 2 heterocycles.